The number of pyridine rings is 2. The van der Waals surface area contributed by atoms with E-state index in [1.807, 2.05) is 25.3 Å². The maximum Gasteiger partial charge on any atom is 0.240 e. The van der Waals surface area contributed by atoms with E-state index in [9.17, 15) is 13.2 Å². The maximum atomic E-state index is 13.8. The minimum absolute atomic E-state index is 0.127. The van der Waals surface area contributed by atoms with Crippen LogP contribution in [0.2, 0.25) is 0 Å². The number of fused-ring (bicyclic) bond motifs is 3. The van der Waals surface area contributed by atoms with Crippen molar-refractivity contribution in [1.82, 2.24) is 24.2 Å². The van der Waals surface area contributed by atoms with Crippen molar-refractivity contribution in [3.63, 3.8) is 0 Å². The monoisotopic (exact) mass is 486 g/mol. The standard InChI is InChI=1S/C25H22N6O3S/c1-16-3-4-19-17(7-16)10-29-21(23(19)18-8-27-15-28-9-18)12-31-22-11-26-6-5-20(22)25(24(31)32)13-30(14-25)35(2,33)34/h3-11,15H,12-14H2,1-2H3. The largest absolute Gasteiger partial charge is 0.304 e. The summed E-state index contributed by atoms with van der Waals surface area (Å²) in [6, 6.07) is 7.98. The maximum absolute atomic E-state index is 13.8. The number of aromatic nitrogens is 4. The molecule has 0 saturated carbocycles. The van der Waals surface area contributed by atoms with E-state index >= 15 is 0 Å². The fourth-order valence-corrected chi connectivity index (χ4v) is 6.06. The normalized spacial score (nSPS) is 17.1. The predicted molar refractivity (Wildman–Crippen MR) is 131 cm³/mol. The van der Waals surface area contributed by atoms with E-state index < -0.39 is 15.4 Å². The number of hydrogen-bond donors (Lipinski definition) is 0. The van der Waals surface area contributed by atoms with Crippen LogP contribution in [-0.2, 0) is 26.8 Å². The Hall–Kier alpha value is -3.76. The summed E-state index contributed by atoms with van der Waals surface area (Å²) in [5, 5.41) is 1.98. The summed E-state index contributed by atoms with van der Waals surface area (Å²) < 4.78 is 25.5. The van der Waals surface area contributed by atoms with Crippen molar-refractivity contribution in [2.75, 3.05) is 24.2 Å². The van der Waals surface area contributed by atoms with Gasteiger partial charge in [-0.05, 0) is 30.0 Å². The average molecular weight is 487 g/mol. The Morgan fingerprint density at radius 3 is 2.54 bits per heavy atom. The third kappa shape index (κ3) is 3.32. The van der Waals surface area contributed by atoms with Gasteiger partial charge in [0.25, 0.3) is 0 Å². The van der Waals surface area contributed by atoms with Crippen molar-refractivity contribution in [2.24, 2.45) is 0 Å². The number of carbonyl (C=O) groups excluding carboxylic acids is 1. The fraction of sp³-hybridized carbons (Fsp3) is 0.240. The molecule has 2 aliphatic heterocycles. The second-order valence-electron chi connectivity index (χ2n) is 9.20. The van der Waals surface area contributed by atoms with E-state index in [1.54, 1.807) is 29.7 Å². The number of amides is 1. The lowest BCUT2D eigenvalue weighted by atomic mass is 9.76. The Bertz CT molecular complexity index is 1600. The van der Waals surface area contributed by atoms with Crippen LogP contribution in [0.5, 0.6) is 0 Å². The number of sulfonamides is 1. The highest BCUT2D eigenvalue weighted by Gasteiger charge is 2.60. The Balaban J connectivity index is 1.46. The Labute approximate surface area is 202 Å². The molecule has 1 saturated heterocycles. The van der Waals surface area contributed by atoms with Gasteiger partial charge in [0.05, 0.1) is 30.4 Å². The van der Waals surface area contributed by atoms with Crippen LogP contribution in [0.1, 0.15) is 16.8 Å². The number of benzene rings is 1. The van der Waals surface area contributed by atoms with Crippen molar-refractivity contribution >= 4 is 32.4 Å². The van der Waals surface area contributed by atoms with Crippen LogP contribution >= 0.6 is 0 Å². The first kappa shape index (κ1) is 21.8. The van der Waals surface area contributed by atoms with Crippen LogP contribution in [0.15, 0.2) is 61.6 Å². The van der Waals surface area contributed by atoms with E-state index in [0.717, 1.165) is 33.0 Å². The summed E-state index contributed by atoms with van der Waals surface area (Å²) in [4.78, 5) is 32.9. The first-order chi connectivity index (χ1) is 16.8. The van der Waals surface area contributed by atoms with Crippen molar-refractivity contribution in [3.05, 3.63) is 78.4 Å². The van der Waals surface area contributed by atoms with Gasteiger partial charge in [0.15, 0.2) is 0 Å². The second-order valence-corrected chi connectivity index (χ2v) is 11.2. The molecule has 0 radical (unpaired) electrons. The summed E-state index contributed by atoms with van der Waals surface area (Å²) in [6.45, 7) is 2.50. The number of nitrogens with zero attached hydrogens (tertiary/aromatic N) is 6. The van der Waals surface area contributed by atoms with E-state index in [2.05, 4.69) is 27.1 Å². The van der Waals surface area contributed by atoms with Crippen molar-refractivity contribution in [3.8, 4) is 11.1 Å². The molecule has 0 atom stereocenters. The highest BCUT2D eigenvalue weighted by Crippen LogP contribution is 2.48. The molecule has 1 spiro atoms. The zero-order chi connectivity index (χ0) is 24.4. The third-order valence-electron chi connectivity index (χ3n) is 6.90. The Morgan fingerprint density at radius 1 is 1.03 bits per heavy atom. The molecular weight excluding hydrogens is 464 g/mol. The zero-order valence-corrected chi connectivity index (χ0v) is 20.0. The lowest BCUT2D eigenvalue weighted by Gasteiger charge is -2.45. The quantitative estimate of drug-likeness (QED) is 0.436. The molecule has 6 rings (SSSR count). The smallest absolute Gasteiger partial charge is 0.240 e. The van der Waals surface area contributed by atoms with Gasteiger partial charge in [0.1, 0.15) is 11.7 Å². The minimum atomic E-state index is -3.38. The van der Waals surface area contributed by atoms with Gasteiger partial charge < -0.3 is 4.90 Å². The molecule has 10 heteroatoms. The molecule has 4 aromatic rings. The summed E-state index contributed by atoms with van der Waals surface area (Å²) in [7, 11) is -3.38. The van der Waals surface area contributed by atoms with Crippen LogP contribution in [0.4, 0.5) is 5.69 Å². The van der Waals surface area contributed by atoms with E-state index in [1.165, 1.54) is 16.9 Å². The van der Waals surface area contributed by atoms with Gasteiger partial charge in [-0.15, -0.1) is 0 Å². The number of carbonyl (C=O) groups is 1. The summed E-state index contributed by atoms with van der Waals surface area (Å²) in [5.41, 5.74) is 4.10. The van der Waals surface area contributed by atoms with Gasteiger partial charge >= 0.3 is 0 Å². The minimum Gasteiger partial charge on any atom is -0.304 e. The highest BCUT2D eigenvalue weighted by molar-refractivity contribution is 7.88. The molecule has 0 bridgehead atoms. The molecule has 9 nitrogen and oxygen atoms in total. The molecule has 5 heterocycles. The van der Waals surface area contributed by atoms with Crippen molar-refractivity contribution in [1.29, 1.82) is 0 Å². The van der Waals surface area contributed by atoms with Gasteiger partial charge in [0.2, 0.25) is 15.9 Å². The average Bonchev–Trinajstić information content (AvgIpc) is 3.06. The number of rotatable bonds is 4. The molecule has 1 fully saturated rings. The van der Waals surface area contributed by atoms with Crippen LogP contribution in [-0.4, -0.2) is 57.9 Å². The topological polar surface area (TPSA) is 109 Å². The van der Waals surface area contributed by atoms with E-state index in [0.29, 0.717) is 11.4 Å². The van der Waals surface area contributed by atoms with Crippen molar-refractivity contribution < 1.29 is 13.2 Å². The lowest BCUT2D eigenvalue weighted by Crippen LogP contribution is -2.64. The Morgan fingerprint density at radius 2 is 1.80 bits per heavy atom. The van der Waals surface area contributed by atoms with Crippen molar-refractivity contribution in [2.45, 2.75) is 18.9 Å². The van der Waals surface area contributed by atoms with Crippen LogP contribution < -0.4 is 4.90 Å². The van der Waals surface area contributed by atoms with Gasteiger partial charge in [0, 0.05) is 54.4 Å². The molecule has 0 aliphatic carbocycles. The van der Waals surface area contributed by atoms with Crippen LogP contribution in [0.3, 0.4) is 0 Å². The summed E-state index contributed by atoms with van der Waals surface area (Å²) in [5.74, 6) is -0.138. The number of hydrogen-bond acceptors (Lipinski definition) is 7. The molecular formula is C25H22N6O3S. The third-order valence-corrected chi connectivity index (χ3v) is 8.10. The van der Waals surface area contributed by atoms with Gasteiger partial charge in [-0.1, -0.05) is 17.7 Å². The van der Waals surface area contributed by atoms with Gasteiger partial charge in [-0.2, -0.15) is 4.31 Å². The van der Waals surface area contributed by atoms with Gasteiger partial charge in [-0.3, -0.25) is 14.8 Å². The number of anilines is 1. The predicted octanol–water partition coefficient (Wildman–Crippen LogP) is 2.46. The lowest BCUT2D eigenvalue weighted by molar-refractivity contribution is -0.127. The highest BCUT2D eigenvalue weighted by atomic mass is 32.2. The number of aryl methyl sites for hydroxylation is 1. The first-order valence-corrected chi connectivity index (χ1v) is 13.0. The van der Waals surface area contributed by atoms with Crippen LogP contribution in [0.25, 0.3) is 21.9 Å². The second kappa shape index (κ2) is 7.62. The van der Waals surface area contributed by atoms with E-state index in [4.69, 9.17) is 4.98 Å². The molecule has 176 valence electrons. The van der Waals surface area contributed by atoms with E-state index in [-0.39, 0.29) is 25.5 Å². The molecule has 35 heavy (non-hydrogen) atoms. The Kier molecular flexibility index (Phi) is 4.74. The molecule has 2 aliphatic rings. The molecule has 0 N–H and O–H groups in total. The zero-order valence-electron chi connectivity index (χ0n) is 19.2. The first-order valence-electron chi connectivity index (χ1n) is 11.1. The van der Waals surface area contributed by atoms with Crippen LogP contribution in [0, 0.1) is 6.92 Å². The molecule has 1 amide bonds. The molecule has 1 aromatic carbocycles. The molecule has 3 aromatic heterocycles. The fourth-order valence-electron chi connectivity index (χ4n) is 5.15. The summed E-state index contributed by atoms with van der Waals surface area (Å²) >= 11 is 0. The summed E-state index contributed by atoms with van der Waals surface area (Å²) in [6.07, 6.45) is 11.3. The van der Waals surface area contributed by atoms with Gasteiger partial charge in [-0.25, -0.2) is 18.4 Å². The SMILES string of the molecule is Cc1ccc2c(-c3cncnc3)c(CN3C(=O)C4(CN(S(C)(=O)=O)C4)c4ccncc43)ncc2c1. The molecule has 0 unspecified atom stereocenters.